The first-order valence-corrected chi connectivity index (χ1v) is 11.4. The summed E-state index contributed by atoms with van der Waals surface area (Å²) in [5.41, 5.74) is 3.62. The Bertz CT molecular complexity index is 906. The minimum Gasteiger partial charge on any atom is -0.493 e. The molecule has 2 aromatic rings. The molecule has 1 saturated heterocycles. The number of anilines is 2. The number of benzene rings is 2. The van der Waals surface area contributed by atoms with Gasteiger partial charge in [0, 0.05) is 43.6 Å². The predicted octanol–water partition coefficient (Wildman–Crippen LogP) is 3.66. The molecule has 30 heavy (non-hydrogen) atoms. The van der Waals surface area contributed by atoms with Gasteiger partial charge in [-0.3, -0.25) is 0 Å². The third kappa shape index (κ3) is 5.37. The van der Waals surface area contributed by atoms with Gasteiger partial charge in [-0.15, -0.1) is 0 Å². The van der Waals surface area contributed by atoms with Gasteiger partial charge in [-0.1, -0.05) is 17.7 Å². The number of hydrogen-bond donors (Lipinski definition) is 3. The molecule has 0 bridgehead atoms. The standard InChI is InChI=1S/C21H28ClN3O4S/c1-14(16-10-18(22)21(29-3)20(11-16)28-2)24-19-12-17(25-8-6-23-7-9-25)5-4-15(19)13-30(26)27/h4-5,10-12,14,23-24H,6-9,13H2,1-3H3,(H,26,27). The summed E-state index contributed by atoms with van der Waals surface area (Å²) in [6.45, 7) is 5.73. The highest BCUT2D eigenvalue weighted by Gasteiger charge is 2.18. The summed E-state index contributed by atoms with van der Waals surface area (Å²) in [6, 6.07) is 9.58. The molecule has 2 aromatic carbocycles. The fourth-order valence-electron chi connectivity index (χ4n) is 3.58. The smallest absolute Gasteiger partial charge is 0.179 e. The number of rotatable bonds is 8. The fraction of sp³-hybridized carbons (Fsp3) is 0.429. The minimum absolute atomic E-state index is 0.0591. The van der Waals surface area contributed by atoms with Crippen molar-refractivity contribution in [2.24, 2.45) is 0 Å². The molecule has 9 heteroatoms. The Hall–Kier alpha value is -2.00. The number of nitrogens with zero attached hydrogens (tertiary/aromatic N) is 1. The Balaban J connectivity index is 1.91. The second-order valence-electron chi connectivity index (χ2n) is 7.15. The molecule has 3 rings (SSSR count). The Labute approximate surface area is 185 Å². The first-order valence-electron chi connectivity index (χ1n) is 9.77. The molecule has 1 aliphatic heterocycles. The molecule has 1 fully saturated rings. The van der Waals surface area contributed by atoms with Gasteiger partial charge >= 0.3 is 0 Å². The zero-order chi connectivity index (χ0) is 21.7. The normalized spacial score (nSPS) is 16.1. The molecule has 1 aliphatic rings. The van der Waals surface area contributed by atoms with E-state index in [1.165, 1.54) is 0 Å². The lowest BCUT2D eigenvalue weighted by atomic mass is 10.1. The first kappa shape index (κ1) is 22.7. The van der Waals surface area contributed by atoms with Gasteiger partial charge in [0.25, 0.3) is 0 Å². The van der Waals surface area contributed by atoms with Gasteiger partial charge < -0.3 is 29.6 Å². The van der Waals surface area contributed by atoms with Crippen LogP contribution in [0.15, 0.2) is 30.3 Å². The maximum Gasteiger partial charge on any atom is 0.179 e. The van der Waals surface area contributed by atoms with Crippen molar-refractivity contribution < 1.29 is 18.2 Å². The van der Waals surface area contributed by atoms with Crippen LogP contribution in [0.1, 0.15) is 24.1 Å². The summed E-state index contributed by atoms with van der Waals surface area (Å²) in [5.74, 6) is 1.11. The van der Waals surface area contributed by atoms with Crippen LogP contribution in [0.4, 0.5) is 11.4 Å². The third-order valence-electron chi connectivity index (χ3n) is 5.18. The molecule has 0 aliphatic carbocycles. The highest BCUT2D eigenvalue weighted by Crippen LogP contribution is 2.38. The number of nitrogens with one attached hydrogen (secondary N) is 2. The van der Waals surface area contributed by atoms with Crippen molar-refractivity contribution >= 4 is 34.1 Å². The average molecular weight is 454 g/mol. The molecular formula is C21H28ClN3O4S. The number of ether oxygens (including phenoxy) is 2. The fourth-order valence-corrected chi connectivity index (χ4v) is 4.40. The number of piperazine rings is 1. The van der Waals surface area contributed by atoms with Crippen LogP contribution in [0.25, 0.3) is 0 Å². The average Bonchev–Trinajstić information content (AvgIpc) is 2.74. The van der Waals surface area contributed by atoms with E-state index in [4.69, 9.17) is 21.1 Å². The molecule has 2 atom stereocenters. The first-order chi connectivity index (χ1) is 14.4. The summed E-state index contributed by atoms with van der Waals surface area (Å²) in [7, 11) is 3.12. The molecule has 0 spiro atoms. The van der Waals surface area contributed by atoms with Gasteiger partial charge in [0.2, 0.25) is 0 Å². The maximum absolute atomic E-state index is 11.5. The summed E-state index contributed by atoms with van der Waals surface area (Å²) < 4.78 is 31.6. The third-order valence-corrected chi connectivity index (χ3v) is 6.02. The number of hydrogen-bond acceptors (Lipinski definition) is 6. The molecule has 164 valence electrons. The van der Waals surface area contributed by atoms with E-state index in [1.807, 2.05) is 37.3 Å². The van der Waals surface area contributed by atoms with Crippen LogP contribution < -0.4 is 25.0 Å². The van der Waals surface area contributed by atoms with Crippen molar-refractivity contribution in [3.63, 3.8) is 0 Å². The molecule has 0 radical (unpaired) electrons. The Morgan fingerprint density at radius 1 is 1.23 bits per heavy atom. The van der Waals surface area contributed by atoms with Crippen molar-refractivity contribution in [3.8, 4) is 11.5 Å². The van der Waals surface area contributed by atoms with Crippen molar-refractivity contribution in [2.75, 3.05) is 50.6 Å². The van der Waals surface area contributed by atoms with E-state index in [1.54, 1.807) is 14.2 Å². The largest absolute Gasteiger partial charge is 0.493 e. The molecule has 0 aromatic heterocycles. The van der Waals surface area contributed by atoms with E-state index in [0.29, 0.717) is 16.5 Å². The molecule has 3 N–H and O–H groups in total. The van der Waals surface area contributed by atoms with Crippen LogP contribution in [0.5, 0.6) is 11.5 Å². The lowest BCUT2D eigenvalue weighted by Gasteiger charge is -2.30. The zero-order valence-corrected chi connectivity index (χ0v) is 19.0. The van der Waals surface area contributed by atoms with E-state index in [2.05, 4.69) is 15.5 Å². The van der Waals surface area contributed by atoms with Crippen LogP contribution in [0, 0.1) is 0 Å². The summed E-state index contributed by atoms with van der Waals surface area (Å²) in [5, 5.41) is 7.30. The van der Waals surface area contributed by atoms with Gasteiger partial charge in [0.15, 0.2) is 22.6 Å². The van der Waals surface area contributed by atoms with Crippen LogP contribution in [0.2, 0.25) is 5.02 Å². The van der Waals surface area contributed by atoms with E-state index in [0.717, 1.165) is 48.7 Å². The molecular weight excluding hydrogens is 426 g/mol. The van der Waals surface area contributed by atoms with Crippen molar-refractivity contribution in [1.82, 2.24) is 5.32 Å². The SMILES string of the molecule is COc1cc(C(C)Nc2cc(N3CCNCC3)ccc2CS(=O)O)cc(Cl)c1OC. The van der Waals surface area contributed by atoms with Gasteiger partial charge in [0.05, 0.1) is 25.0 Å². The second kappa shape index (κ2) is 10.3. The molecule has 0 saturated carbocycles. The molecule has 0 amide bonds. The minimum atomic E-state index is -1.93. The van der Waals surface area contributed by atoms with Crippen molar-refractivity contribution in [2.45, 2.75) is 18.7 Å². The second-order valence-corrected chi connectivity index (χ2v) is 8.49. The van der Waals surface area contributed by atoms with Crippen molar-refractivity contribution in [1.29, 1.82) is 0 Å². The van der Waals surface area contributed by atoms with Gasteiger partial charge in [-0.2, -0.15) is 0 Å². The van der Waals surface area contributed by atoms with E-state index < -0.39 is 11.1 Å². The quantitative estimate of drug-likeness (QED) is 0.526. The molecule has 2 unspecified atom stereocenters. The van der Waals surface area contributed by atoms with Crippen LogP contribution in [0.3, 0.4) is 0 Å². The maximum atomic E-state index is 11.5. The Kier molecular flexibility index (Phi) is 7.82. The lowest BCUT2D eigenvalue weighted by Crippen LogP contribution is -2.43. The number of halogens is 1. The van der Waals surface area contributed by atoms with Crippen LogP contribution in [-0.2, 0) is 16.8 Å². The van der Waals surface area contributed by atoms with Crippen LogP contribution >= 0.6 is 11.6 Å². The summed E-state index contributed by atoms with van der Waals surface area (Å²) >= 11 is 4.44. The lowest BCUT2D eigenvalue weighted by molar-refractivity contribution is 0.354. The van der Waals surface area contributed by atoms with E-state index in [-0.39, 0.29) is 11.8 Å². The van der Waals surface area contributed by atoms with Gasteiger partial charge in [-0.05, 0) is 42.3 Å². The van der Waals surface area contributed by atoms with E-state index >= 15 is 0 Å². The van der Waals surface area contributed by atoms with Gasteiger partial charge in [0.1, 0.15) is 0 Å². The van der Waals surface area contributed by atoms with Crippen LogP contribution in [-0.4, -0.2) is 49.2 Å². The number of methoxy groups -OCH3 is 2. The Morgan fingerprint density at radius 3 is 2.60 bits per heavy atom. The molecule has 7 nitrogen and oxygen atoms in total. The Morgan fingerprint density at radius 2 is 1.97 bits per heavy atom. The summed E-state index contributed by atoms with van der Waals surface area (Å²) in [6.07, 6.45) is 0. The summed E-state index contributed by atoms with van der Waals surface area (Å²) in [4.78, 5) is 2.30. The van der Waals surface area contributed by atoms with Crippen molar-refractivity contribution in [3.05, 3.63) is 46.5 Å². The zero-order valence-electron chi connectivity index (χ0n) is 17.4. The highest BCUT2D eigenvalue weighted by molar-refractivity contribution is 7.78. The van der Waals surface area contributed by atoms with E-state index in [9.17, 15) is 8.76 Å². The topological polar surface area (TPSA) is 83.1 Å². The predicted molar refractivity (Wildman–Crippen MR) is 123 cm³/mol. The molecule has 1 heterocycles. The monoisotopic (exact) mass is 453 g/mol. The van der Waals surface area contributed by atoms with Gasteiger partial charge in [-0.25, -0.2) is 4.21 Å². The highest BCUT2D eigenvalue weighted by atomic mass is 35.5.